The van der Waals surface area contributed by atoms with E-state index >= 15 is 0 Å². The van der Waals surface area contributed by atoms with Crippen LogP contribution in [-0.4, -0.2) is 39.1 Å². The summed E-state index contributed by atoms with van der Waals surface area (Å²) in [7, 11) is 0. The van der Waals surface area contributed by atoms with Gasteiger partial charge in [-0.25, -0.2) is 0 Å². The summed E-state index contributed by atoms with van der Waals surface area (Å²) in [5.41, 5.74) is 0. The van der Waals surface area contributed by atoms with Crippen molar-refractivity contribution in [3.8, 4) is 0 Å². The molecule has 0 aromatic heterocycles. The Hall–Kier alpha value is -3.32. The molecule has 0 spiro atoms. The maximum absolute atomic E-state index is 12.1. The number of carbonyl (C=O) groups is 2. The Labute approximate surface area is 227 Å². The molecule has 0 heterocycles. The number of rotatable bonds is 8. The second-order valence-corrected chi connectivity index (χ2v) is 22.2. The molecule has 0 fully saturated rings. The predicted octanol–water partition coefficient (Wildman–Crippen LogP) is 5.86. The molecule has 0 N–H and O–H groups in total. The van der Waals surface area contributed by atoms with Crippen LogP contribution in [0.25, 0.3) is 0 Å². The Kier molecular flexibility index (Phi) is 8.93. The molecule has 0 radical (unpaired) electrons. The van der Waals surface area contributed by atoms with E-state index in [1.54, 1.807) is 0 Å². The number of hydrogen-bond donors (Lipinski definition) is 0. The monoisotopic (exact) mass is 548 g/mol. The van der Waals surface area contributed by atoms with Gasteiger partial charge >= 0.3 is 227 Å². The SMILES string of the molecule is CCC(=O)OP(C)(C)(C)C.O=COP(c1ccccc1)(c1ccccc1)(c1ccccc1)c1ccccc1. The van der Waals surface area contributed by atoms with Crippen LogP contribution in [0.15, 0.2) is 121 Å². The number of hydrogen-bond acceptors (Lipinski definition) is 4. The van der Waals surface area contributed by atoms with Crippen molar-refractivity contribution in [2.24, 2.45) is 0 Å². The predicted molar refractivity (Wildman–Crippen MR) is 165 cm³/mol. The first kappa shape index (κ1) is 29.2. The molecule has 0 aliphatic carbocycles. The summed E-state index contributed by atoms with van der Waals surface area (Å²) in [6.07, 6.45) is 0.473. The van der Waals surface area contributed by atoms with Crippen LogP contribution in [0.1, 0.15) is 13.3 Å². The molecule has 200 valence electrons. The molecule has 0 aliphatic heterocycles. The molecule has 4 aromatic rings. The molecule has 4 aromatic carbocycles. The van der Waals surface area contributed by atoms with Gasteiger partial charge in [0, 0.05) is 0 Å². The second-order valence-electron chi connectivity index (χ2n) is 10.8. The average molecular weight is 549 g/mol. The topological polar surface area (TPSA) is 52.6 Å². The summed E-state index contributed by atoms with van der Waals surface area (Å²) in [6.45, 7) is 4.69. The zero-order chi connectivity index (χ0) is 27.8. The van der Waals surface area contributed by atoms with E-state index in [9.17, 15) is 9.59 Å². The van der Waals surface area contributed by atoms with Gasteiger partial charge in [-0.2, -0.15) is 0 Å². The molecule has 0 unspecified atom stereocenters. The third-order valence-corrected chi connectivity index (χ3v) is 12.6. The van der Waals surface area contributed by atoms with E-state index in [0.717, 1.165) is 21.2 Å². The Bertz CT molecular complexity index is 1150. The van der Waals surface area contributed by atoms with Crippen LogP contribution in [0, 0.1) is 0 Å². The minimum atomic E-state index is -3.74. The third kappa shape index (κ3) is 6.04. The molecule has 0 atom stereocenters. The fourth-order valence-electron chi connectivity index (χ4n) is 4.55. The fraction of sp³-hybridized carbons (Fsp3) is 0.188. The first-order valence-corrected chi connectivity index (χ1v) is 18.7. The van der Waals surface area contributed by atoms with Gasteiger partial charge in [-0.1, -0.05) is 0 Å². The normalized spacial score (nSPS) is 13.3. The standard InChI is InChI=1S/C25H21O2P.C7H17O2P/c26-21-27-28(22-13-5-1-6-14-22,23-15-7-2-8-16-23,24-17-9-3-10-18-24)25-19-11-4-12-20-25;1-6-7(8)9-10(2,3,4)5/h1-21H;6H2,1-5H3. The van der Waals surface area contributed by atoms with E-state index in [4.69, 9.17) is 9.05 Å². The van der Waals surface area contributed by atoms with E-state index in [0.29, 0.717) is 12.9 Å². The Balaban J connectivity index is 0.000000342. The molecule has 4 nitrogen and oxygen atoms in total. The van der Waals surface area contributed by atoms with Crippen molar-refractivity contribution < 1.29 is 18.6 Å². The van der Waals surface area contributed by atoms with Crippen LogP contribution in [-0.2, 0) is 18.6 Å². The van der Waals surface area contributed by atoms with Gasteiger partial charge in [-0.05, 0) is 0 Å². The Morgan fingerprint density at radius 2 is 0.895 bits per heavy atom. The Morgan fingerprint density at radius 1 is 0.605 bits per heavy atom. The molecule has 38 heavy (non-hydrogen) atoms. The number of benzene rings is 4. The van der Waals surface area contributed by atoms with Crippen LogP contribution in [0.2, 0.25) is 0 Å². The van der Waals surface area contributed by atoms with E-state index in [1.807, 2.05) is 106 Å². The van der Waals surface area contributed by atoms with Gasteiger partial charge in [-0.3, -0.25) is 0 Å². The molecule has 4 rings (SSSR count). The summed E-state index contributed by atoms with van der Waals surface area (Å²) in [5.74, 6) is -0.0901. The average Bonchev–Trinajstić information content (AvgIpc) is 2.93. The zero-order valence-electron chi connectivity index (χ0n) is 22.9. The van der Waals surface area contributed by atoms with E-state index in [-0.39, 0.29) is 5.97 Å². The van der Waals surface area contributed by atoms with Crippen molar-refractivity contribution in [3.05, 3.63) is 121 Å². The first-order valence-electron chi connectivity index (χ1n) is 12.6. The van der Waals surface area contributed by atoms with Crippen LogP contribution in [0.3, 0.4) is 0 Å². The van der Waals surface area contributed by atoms with Crippen LogP contribution in [0.4, 0.5) is 0 Å². The third-order valence-electron chi connectivity index (χ3n) is 6.01. The van der Waals surface area contributed by atoms with Crippen molar-refractivity contribution in [3.63, 3.8) is 0 Å². The van der Waals surface area contributed by atoms with Crippen molar-refractivity contribution in [1.29, 1.82) is 0 Å². The minimum absolute atomic E-state index is 0.0901. The molecule has 0 saturated carbocycles. The van der Waals surface area contributed by atoms with Gasteiger partial charge in [0.15, 0.2) is 0 Å². The fourth-order valence-corrected chi connectivity index (χ4v) is 10.9. The molecular weight excluding hydrogens is 510 g/mol. The first-order chi connectivity index (χ1) is 18.0. The van der Waals surface area contributed by atoms with Gasteiger partial charge in [-0.15, -0.1) is 0 Å². The van der Waals surface area contributed by atoms with Gasteiger partial charge < -0.3 is 0 Å². The summed E-state index contributed by atoms with van der Waals surface area (Å²) >= 11 is 0. The second kappa shape index (κ2) is 11.6. The molecule has 0 aliphatic rings. The van der Waals surface area contributed by atoms with Crippen molar-refractivity contribution in [2.45, 2.75) is 13.3 Å². The number of carbonyl (C=O) groups excluding carboxylic acids is 2. The van der Waals surface area contributed by atoms with Crippen molar-refractivity contribution in [2.75, 3.05) is 26.7 Å². The molecule has 0 amide bonds. The summed E-state index contributed by atoms with van der Waals surface area (Å²) in [6, 6.07) is 40.4. The van der Waals surface area contributed by atoms with Gasteiger partial charge in [0.2, 0.25) is 0 Å². The van der Waals surface area contributed by atoms with Gasteiger partial charge in [0.05, 0.1) is 0 Å². The van der Waals surface area contributed by atoms with E-state index in [2.05, 4.69) is 48.5 Å². The molecule has 6 heteroatoms. The summed E-state index contributed by atoms with van der Waals surface area (Å²) < 4.78 is 11.7. The quantitative estimate of drug-likeness (QED) is 0.205. The van der Waals surface area contributed by atoms with Crippen molar-refractivity contribution in [1.82, 2.24) is 0 Å². The van der Waals surface area contributed by atoms with Crippen LogP contribution in [0.5, 0.6) is 0 Å². The van der Waals surface area contributed by atoms with E-state index in [1.165, 1.54) is 0 Å². The molecular formula is C32H38O4P2. The summed E-state index contributed by atoms with van der Waals surface area (Å²) in [5, 5.41) is 3.96. The van der Waals surface area contributed by atoms with Gasteiger partial charge in [0.25, 0.3) is 0 Å². The Morgan fingerprint density at radius 3 is 1.08 bits per heavy atom. The van der Waals surface area contributed by atoms with Crippen LogP contribution >= 0.6 is 13.7 Å². The van der Waals surface area contributed by atoms with Crippen molar-refractivity contribution >= 4 is 47.3 Å². The summed E-state index contributed by atoms with van der Waals surface area (Å²) in [4.78, 5) is 23.0. The zero-order valence-corrected chi connectivity index (χ0v) is 24.6. The van der Waals surface area contributed by atoms with Gasteiger partial charge in [0.1, 0.15) is 0 Å². The maximum atomic E-state index is 12.1. The molecule has 0 saturated heterocycles. The van der Waals surface area contributed by atoms with Crippen LogP contribution < -0.4 is 21.2 Å². The molecule has 0 bridgehead atoms. The van der Waals surface area contributed by atoms with E-state index < -0.39 is 13.7 Å².